The van der Waals surface area contributed by atoms with Crippen molar-refractivity contribution in [2.75, 3.05) is 9.80 Å². The van der Waals surface area contributed by atoms with Crippen LogP contribution in [0.15, 0.2) is 325 Å². The first-order valence-corrected chi connectivity index (χ1v) is 31.8. The van der Waals surface area contributed by atoms with E-state index in [4.69, 9.17) is 0 Å². The van der Waals surface area contributed by atoms with Gasteiger partial charge in [-0.3, -0.25) is 19.2 Å². The summed E-state index contributed by atoms with van der Waals surface area (Å²) < 4.78 is 0. The second kappa shape index (κ2) is 25.9. The quantitative estimate of drug-likeness (QED) is 0.0618. The number of hydrogen-bond acceptors (Lipinski definition) is 4. The van der Waals surface area contributed by atoms with E-state index in [0.717, 1.165) is 42.4 Å². The number of para-hydroxylation sites is 2. The average molecular weight is 1190 g/mol. The molecule has 0 atom stereocenters. The Balaban J connectivity index is 0.000000176. The number of benzene rings is 10. The fourth-order valence-electron chi connectivity index (χ4n) is 10.3. The van der Waals surface area contributed by atoms with Gasteiger partial charge in [-0.15, -0.1) is 0 Å². The molecule has 0 radical (unpaired) electrons. The number of carbonyl (C=O) groups excluding carboxylic acids is 4. The van der Waals surface area contributed by atoms with E-state index in [-0.39, 0.29) is 44.1 Å². The van der Waals surface area contributed by atoms with Gasteiger partial charge in [0.25, 0.3) is 0 Å². The smallest absolute Gasteiger partial charge is 0.264 e. The zero-order chi connectivity index (χ0) is 53.2. The second-order valence-corrected chi connectivity index (χ2v) is 28.1. The first-order chi connectivity index (χ1) is 38.5. The van der Waals surface area contributed by atoms with Crippen molar-refractivity contribution < 1.29 is 39.6 Å². The fraction of sp³-hybridized carbons (Fsp3) is 0. The molecule has 0 N–H and O–H groups in total. The van der Waals surface area contributed by atoms with Crippen LogP contribution in [-0.4, -0.2) is 23.6 Å². The molecule has 386 valence electrons. The molecule has 79 heavy (non-hydrogen) atoms. The van der Waals surface area contributed by atoms with Gasteiger partial charge in [0.2, 0.25) is 21.3 Å². The van der Waals surface area contributed by atoms with Crippen LogP contribution < -0.4 is 52.2 Å². The molecular formula is C68H54N2O4P4Pd+4. The van der Waals surface area contributed by atoms with Crippen molar-refractivity contribution in [2.45, 2.75) is 0 Å². The molecule has 0 aliphatic carbocycles. The van der Waals surface area contributed by atoms with Crippen LogP contribution in [0.1, 0.15) is 0 Å². The van der Waals surface area contributed by atoms with Crippen LogP contribution in [0.5, 0.6) is 0 Å². The molecule has 10 aromatic rings. The SMILES string of the molecule is O=C1C([PH+](c2ccccc2)c2ccccc2)=C([PH+](c2ccccc2)c2ccccc2)C(=O)N1c1ccccc1.O=C1C([PH+](c2ccccc2)c2ccccc2)=C([PH+](c2ccccc2)c2ccccc2)C(=O)N1c1ccccc1.[Pd]. The maximum absolute atomic E-state index is 14.6. The molecule has 0 bridgehead atoms. The van der Waals surface area contributed by atoms with Gasteiger partial charge in [-0.1, -0.05) is 182 Å². The minimum atomic E-state index is -1.81. The molecule has 2 heterocycles. The maximum Gasteiger partial charge on any atom is 0.305 e. The summed E-state index contributed by atoms with van der Waals surface area (Å²) in [5.74, 6) is -0.844. The molecule has 12 rings (SSSR count). The Morgan fingerprint density at radius 2 is 0.316 bits per heavy atom. The zero-order valence-electron chi connectivity index (χ0n) is 42.7. The van der Waals surface area contributed by atoms with Crippen LogP contribution in [0.25, 0.3) is 0 Å². The van der Waals surface area contributed by atoms with Gasteiger partial charge in [0.1, 0.15) is 74.1 Å². The Kier molecular flexibility index (Phi) is 17.9. The summed E-state index contributed by atoms with van der Waals surface area (Å²) >= 11 is 0. The molecule has 10 aromatic carbocycles. The number of imide groups is 2. The van der Waals surface area contributed by atoms with Gasteiger partial charge in [0, 0.05) is 20.4 Å². The number of hydrogen-bond donors (Lipinski definition) is 0. The van der Waals surface area contributed by atoms with E-state index >= 15 is 0 Å². The van der Waals surface area contributed by atoms with Gasteiger partial charge < -0.3 is 0 Å². The minimum Gasteiger partial charge on any atom is -0.264 e. The summed E-state index contributed by atoms with van der Waals surface area (Å²) in [5.41, 5.74) is 1.20. The van der Waals surface area contributed by atoms with Crippen molar-refractivity contribution in [3.05, 3.63) is 325 Å². The third-order valence-electron chi connectivity index (χ3n) is 13.7. The number of nitrogens with zero attached hydrogens (tertiary/aromatic N) is 2. The van der Waals surface area contributed by atoms with Gasteiger partial charge in [0.15, 0.2) is 0 Å². The van der Waals surface area contributed by atoms with Crippen molar-refractivity contribution in [1.29, 1.82) is 0 Å². The second-order valence-electron chi connectivity index (χ2n) is 18.5. The molecule has 0 aromatic heterocycles. The summed E-state index contributed by atoms with van der Waals surface area (Å²) in [6.45, 7) is 0. The Labute approximate surface area is 479 Å². The topological polar surface area (TPSA) is 74.8 Å². The molecule has 2 aliphatic rings. The summed E-state index contributed by atoms with van der Waals surface area (Å²) in [6.07, 6.45) is 0. The van der Waals surface area contributed by atoms with Crippen LogP contribution >= 0.6 is 31.7 Å². The van der Waals surface area contributed by atoms with Crippen LogP contribution in [-0.2, 0) is 39.6 Å². The molecule has 2 aliphatic heterocycles. The number of carbonyl (C=O) groups is 4. The minimum absolute atomic E-state index is 0. The van der Waals surface area contributed by atoms with Crippen LogP contribution in [0.2, 0.25) is 0 Å². The fourth-order valence-corrected chi connectivity index (χ4v) is 22.3. The average Bonchev–Trinajstić information content (AvgIpc) is 4.00. The summed E-state index contributed by atoms with van der Waals surface area (Å²) in [6, 6.07) is 100. The Bertz CT molecular complexity index is 3140. The third kappa shape index (κ3) is 11.6. The van der Waals surface area contributed by atoms with E-state index in [1.807, 2.05) is 206 Å². The van der Waals surface area contributed by atoms with Gasteiger partial charge in [-0.2, -0.15) is 0 Å². The van der Waals surface area contributed by atoms with E-state index in [9.17, 15) is 19.2 Å². The predicted molar refractivity (Wildman–Crippen MR) is 334 cm³/mol. The molecule has 0 unspecified atom stereocenters. The van der Waals surface area contributed by atoms with Crippen molar-refractivity contribution >= 4 is 109 Å². The maximum atomic E-state index is 14.6. The normalized spacial score (nSPS) is 13.4. The number of amides is 4. The molecule has 0 fully saturated rings. The van der Waals surface area contributed by atoms with E-state index in [0.29, 0.717) is 32.6 Å². The first-order valence-electron chi connectivity index (χ1n) is 25.8. The van der Waals surface area contributed by atoms with Crippen molar-refractivity contribution in [2.24, 2.45) is 0 Å². The molecule has 0 saturated heterocycles. The number of rotatable bonds is 14. The van der Waals surface area contributed by atoms with Gasteiger partial charge in [-0.25, -0.2) is 9.80 Å². The Morgan fingerprint density at radius 3 is 0.456 bits per heavy atom. The Hall–Kier alpha value is -7.66. The van der Waals surface area contributed by atoms with Crippen LogP contribution in [0.4, 0.5) is 11.4 Å². The van der Waals surface area contributed by atoms with Gasteiger partial charge >= 0.3 is 23.6 Å². The van der Waals surface area contributed by atoms with E-state index < -0.39 is 31.7 Å². The summed E-state index contributed by atoms with van der Waals surface area (Å²) in [4.78, 5) is 61.1. The number of anilines is 2. The van der Waals surface area contributed by atoms with Gasteiger partial charge in [0.05, 0.1) is 11.4 Å². The van der Waals surface area contributed by atoms with Crippen molar-refractivity contribution in [3.8, 4) is 0 Å². The molecule has 0 spiro atoms. The van der Waals surface area contributed by atoms with E-state index in [2.05, 4.69) is 97.1 Å². The zero-order valence-corrected chi connectivity index (χ0v) is 48.3. The third-order valence-corrected chi connectivity index (χ3v) is 25.3. The van der Waals surface area contributed by atoms with Crippen LogP contribution in [0, 0.1) is 0 Å². The monoisotopic (exact) mass is 1190 g/mol. The van der Waals surface area contributed by atoms with Crippen molar-refractivity contribution in [3.63, 3.8) is 0 Å². The summed E-state index contributed by atoms with van der Waals surface area (Å²) in [5, 5.41) is 11.3. The molecule has 11 heteroatoms. The molecule has 0 saturated carbocycles. The van der Waals surface area contributed by atoms with E-state index in [1.165, 1.54) is 9.80 Å². The molecular weight excluding hydrogens is 1140 g/mol. The van der Waals surface area contributed by atoms with Crippen molar-refractivity contribution in [1.82, 2.24) is 0 Å². The predicted octanol–water partition coefficient (Wildman–Crippen LogP) is 11.0. The largest absolute Gasteiger partial charge is 0.305 e. The summed E-state index contributed by atoms with van der Waals surface area (Å²) in [7, 11) is -7.25. The van der Waals surface area contributed by atoms with E-state index in [1.54, 1.807) is 0 Å². The Morgan fingerprint density at radius 1 is 0.190 bits per heavy atom. The van der Waals surface area contributed by atoms with Gasteiger partial charge in [-0.05, 0) is 121 Å². The molecule has 6 nitrogen and oxygen atoms in total. The van der Waals surface area contributed by atoms with Crippen LogP contribution in [0.3, 0.4) is 0 Å². The first kappa shape index (κ1) is 54.7. The molecule has 4 amide bonds. The standard InChI is InChI=1S/2C34H25NO2P2.Pd/c2*36-33-31(38(27-18-8-2-9-19-27)28-20-10-3-11-21-28)32(34(37)35(33)26-16-6-1-7-17-26)39(29-22-12-4-13-23-29)30-24-14-5-15-25-30;/h2*1-25H;/p+4.